The van der Waals surface area contributed by atoms with Crippen LogP contribution in [0.4, 0.5) is 0 Å². The molecule has 0 saturated carbocycles. The molecule has 0 bridgehead atoms. The van der Waals surface area contributed by atoms with Crippen molar-refractivity contribution in [3.63, 3.8) is 0 Å². The Labute approximate surface area is 227 Å². The molecule has 0 spiro atoms. The number of carboxylic acids is 1. The van der Waals surface area contributed by atoms with Gasteiger partial charge in [-0.3, -0.25) is 24.1 Å². The first-order chi connectivity index (χ1) is 17.9. The Hall–Kier alpha value is -2.57. The molecule has 0 aliphatic carbocycles. The number of hydrogen-bond donors (Lipinski definition) is 6. The monoisotopic (exact) mass is 544 g/mol. The molecule has 12 heteroatoms. The van der Waals surface area contributed by atoms with E-state index in [-0.39, 0.29) is 31.6 Å². The number of imide groups is 1. The minimum Gasteiger partial charge on any atom is -0.480 e. The molecule has 0 fully saturated rings. The number of nitrogens with one attached hydrogen (secondary N) is 2. The number of carbonyl (C=O) groups excluding carboxylic acids is 4. The van der Waals surface area contributed by atoms with E-state index in [1.54, 1.807) is 55.4 Å². The number of carboxylic acid groups (broad SMARTS) is 1. The van der Waals surface area contributed by atoms with Crippen LogP contribution < -0.4 is 22.1 Å². The summed E-state index contributed by atoms with van der Waals surface area (Å²) in [7, 11) is 0. The fraction of sp³-hybridized carbons (Fsp3) is 0.808. The van der Waals surface area contributed by atoms with Gasteiger partial charge in [0.1, 0.15) is 24.2 Å². The molecule has 38 heavy (non-hydrogen) atoms. The molecule has 220 valence electrons. The van der Waals surface area contributed by atoms with Crippen molar-refractivity contribution in [3.05, 3.63) is 0 Å². The van der Waals surface area contributed by atoms with Gasteiger partial charge >= 0.3 is 5.97 Å². The zero-order valence-electron chi connectivity index (χ0n) is 24.9. The highest BCUT2D eigenvalue weighted by Gasteiger charge is 2.44. The number of hydrogen-bond acceptors (Lipinski definition) is 8. The molecule has 0 saturated heterocycles. The van der Waals surface area contributed by atoms with Crippen LogP contribution in [0.5, 0.6) is 0 Å². The van der Waals surface area contributed by atoms with Gasteiger partial charge in [-0.2, -0.15) is 0 Å². The van der Waals surface area contributed by atoms with Crippen molar-refractivity contribution in [2.75, 3.05) is 0 Å². The maximum Gasteiger partial charge on any atom is 0.326 e. The number of rotatable bonds is 15. The molecule has 0 heterocycles. The lowest BCUT2D eigenvalue weighted by Crippen LogP contribution is -2.64. The first-order valence-electron chi connectivity index (χ1n) is 13.8. The van der Waals surface area contributed by atoms with Crippen molar-refractivity contribution < 1.29 is 35.6 Å². The fourth-order valence-electron chi connectivity index (χ4n) is 3.65. The normalized spacial score (nSPS) is 16.9. The zero-order chi connectivity index (χ0) is 30.8. The molecule has 0 aromatic rings. The van der Waals surface area contributed by atoms with Gasteiger partial charge in [0.15, 0.2) is 0 Å². The van der Waals surface area contributed by atoms with Crippen molar-refractivity contribution >= 4 is 29.6 Å². The topological polar surface area (TPSA) is 205 Å². The van der Waals surface area contributed by atoms with E-state index in [1.807, 2.05) is 0 Å². The predicted octanol–water partition coefficient (Wildman–Crippen LogP) is 0.204. The van der Waals surface area contributed by atoms with Gasteiger partial charge in [-0.25, -0.2) is 4.79 Å². The molecule has 0 aromatic heterocycles. The van der Waals surface area contributed by atoms with Gasteiger partial charge in [-0.05, 0) is 36.5 Å². The number of aliphatic hydroxyl groups is 1. The quantitative estimate of drug-likeness (QED) is 0.166. The molecule has 6 atom stereocenters. The van der Waals surface area contributed by atoms with E-state index >= 15 is 0 Å². The molecule has 0 aliphatic rings. The summed E-state index contributed by atoms with van der Waals surface area (Å²) >= 11 is 0. The van der Waals surface area contributed by atoms with E-state index in [0.29, 0.717) is 4.90 Å². The number of nitrogens with zero attached hydrogens (tertiary/aromatic N) is 1. The standard InChI is InChI=1S/C26H49N5O7/c1-10-16(27)21(32)25(36)31(24(35)19(14(6)7)29-23(34)18(28)13(4)5)17(11-12(2)3)22(33)30-20(15(8)9)26(37)38/h12-21,32H,10-11,27-28H2,1-9H3,(H,29,34)(H,30,33)(H,37,38)/t16-,17+,18+,19+,20+,21?/m1/s1/i1D. The summed E-state index contributed by atoms with van der Waals surface area (Å²) in [5.41, 5.74) is 11.9. The van der Waals surface area contributed by atoms with Crippen LogP contribution in [-0.2, 0) is 24.0 Å². The van der Waals surface area contributed by atoms with E-state index < -0.39 is 77.7 Å². The summed E-state index contributed by atoms with van der Waals surface area (Å²) in [5, 5.41) is 25.3. The first-order valence-corrected chi connectivity index (χ1v) is 13.1. The summed E-state index contributed by atoms with van der Waals surface area (Å²) in [6.45, 7) is 13.2. The molecular weight excluding hydrogens is 494 g/mol. The minimum absolute atomic E-state index is 0.0571. The smallest absolute Gasteiger partial charge is 0.326 e. The molecule has 4 amide bonds. The third-order valence-corrected chi connectivity index (χ3v) is 6.26. The Morgan fingerprint density at radius 2 is 1.32 bits per heavy atom. The number of amides is 4. The second-order valence-electron chi connectivity index (χ2n) is 11.2. The second-order valence-corrected chi connectivity index (χ2v) is 11.2. The number of aliphatic carboxylic acids is 1. The SMILES string of the molecule is [2H]CC[C@@H](N)C(O)C(=O)N(C(=O)[C@@H](NC(=O)[C@@H](N)C(C)C)C(C)C)[C@@H](CC(C)C)C(=O)N[C@H](C(=O)O)C(C)C. The van der Waals surface area contributed by atoms with Crippen LogP contribution in [0, 0.1) is 23.7 Å². The Morgan fingerprint density at radius 1 is 0.816 bits per heavy atom. The van der Waals surface area contributed by atoms with Crippen molar-refractivity contribution in [1.29, 1.82) is 0 Å². The summed E-state index contributed by atoms with van der Waals surface area (Å²) < 4.78 is 7.38. The van der Waals surface area contributed by atoms with Gasteiger partial charge < -0.3 is 32.3 Å². The largest absolute Gasteiger partial charge is 0.480 e. The summed E-state index contributed by atoms with van der Waals surface area (Å²) in [6, 6.07) is -6.26. The maximum absolute atomic E-state index is 14.0. The maximum atomic E-state index is 14.0. The third-order valence-electron chi connectivity index (χ3n) is 6.26. The van der Waals surface area contributed by atoms with Crippen LogP contribution in [0.2, 0.25) is 0 Å². The molecule has 1 unspecified atom stereocenters. The number of nitrogens with two attached hydrogens (primary N) is 2. The summed E-state index contributed by atoms with van der Waals surface area (Å²) in [4.78, 5) is 66.2. The van der Waals surface area contributed by atoms with Crippen LogP contribution >= 0.6 is 0 Å². The van der Waals surface area contributed by atoms with Gasteiger partial charge in [0.25, 0.3) is 11.8 Å². The first kappa shape index (κ1) is 33.5. The van der Waals surface area contributed by atoms with Gasteiger partial charge in [0.2, 0.25) is 11.8 Å². The van der Waals surface area contributed by atoms with Gasteiger partial charge in [0, 0.05) is 7.41 Å². The molecule has 8 N–H and O–H groups in total. The zero-order valence-corrected chi connectivity index (χ0v) is 23.9. The van der Waals surface area contributed by atoms with Crippen molar-refractivity contribution in [3.8, 4) is 0 Å². The van der Waals surface area contributed by atoms with Crippen LogP contribution in [0.15, 0.2) is 0 Å². The summed E-state index contributed by atoms with van der Waals surface area (Å²) in [5.74, 6) is -6.53. The van der Waals surface area contributed by atoms with E-state index in [2.05, 4.69) is 10.6 Å². The molecule has 0 aliphatic heterocycles. The summed E-state index contributed by atoms with van der Waals surface area (Å²) in [6.07, 6.45) is -2.04. The Balaban J connectivity index is 6.81. The Kier molecular flexibility index (Phi) is 13.9. The lowest BCUT2D eigenvalue weighted by atomic mass is 9.95. The molecule has 0 radical (unpaired) electrons. The Bertz CT molecular complexity index is 853. The van der Waals surface area contributed by atoms with Crippen molar-refractivity contribution in [2.45, 2.75) is 111 Å². The molecule has 0 rings (SSSR count). The molecular formula is C26H49N5O7. The highest BCUT2D eigenvalue weighted by atomic mass is 16.4. The van der Waals surface area contributed by atoms with E-state index in [9.17, 15) is 34.2 Å². The average Bonchev–Trinajstić information content (AvgIpc) is 2.82. The third kappa shape index (κ3) is 9.95. The lowest BCUT2D eigenvalue weighted by Gasteiger charge is -2.37. The highest BCUT2D eigenvalue weighted by Crippen LogP contribution is 2.20. The van der Waals surface area contributed by atoms with Crippen LogP contribution in [0.1, 0.15) is 76.5 Å². The predicted molar refractivity (Wildman–Crippen MR) is 143 cm³/mol. The lowest BCUT2D eigenvalue weighted by molar-refractivity contribution is -0.160. The van der Waals surface area contributed by atoms with Crippen LogP contribution in [0.25, 0.3) is 0 Å². The average molecular weight is 545 g/mol. The second kappa shape index (κ2) is 15.7. The molecule has 0 aromatic carbocycles. The van der Waals surface area contributed by atoms with Gasteiger partial charge in [-0.15, -0.1) is 0 Å². The number of carbonyl (C=O) groups is 5. The molecule has 12 nitrogen and oxygen atoms in total. The van der Waals surface area contributed by atoms with E-state index in [0.717, 1.165) is 0 Å². The Morgan fingerprint density at radius 3 is 1.71 bits per heavy atom. The minimum atomic E-state index is -1.93. The van der Waals surface area contributed by atoms with Crippen LogP contribution in [-0.4, -0.2) is 81.0 Å². The van der Waals surface area contributed by atoms with Crippen molar-refractivity contribution in [1.82, 2.24) is 15.5 Å². The highest BCUT2D eigenvalue weighted by molar-refractivity contribution is 6.05. The van der Waals surface area contributed by atoms with E-state index in [4.69, 9.17) is 12.8 Å². The van der Waals surface area contributed by atoms with E-state index in [1.165, 1.54) is 0 Å². The van der Waals surface area contributed by atoms with Crippen molar-refractivity contribution in [2.24, 2.45) is 35.1 Å². The fourth-order valence-corrected chi connectivity index (χ4v) is 3.65. The number of aliphatic hydroxyl groups excluding tert-OH is 1. The van der Waals surface area contributed by atoms with Gasteiger partial charge in [-0.1, -0.05) is 62.3 Å². The van der Waals surface area contributed by atoms with Crippen LogP contribution in [0.3, 0.4) is 0 Å². The van der Waals surface area contributed by atoms with Gasteiger partial charge in [0.05, 0.1) is 6.04 Å².